The largest absolute Gasteiger partial charge is 0.484 e. The van der Waals surface area contributed by atoms with Crippen LogP contribution < -0.4 is 10.1 Å². The summed E-state index contributed by atoms with van der Waals surface area (Å²) in [6.07, 6.45) is -3.31. The highest BCUT2D eigenvalue weighted by Gasteiger charge is 2.73. The standard InChI is InChI=1S/C21H22ClF4N3O4/c22-14-2-1-13(3-15(14)23)32-7-17(30)27-19-8-20(9-19,10-19)29-6-16(33-18(29)31)12-4-28(5-12)11-21(24,25)26/h1-3,12,16H,4-11H2,(H,27,30). The van der Waals surface area contributed by atoms with Gasteiger partial charge < -0.3 is 14.8 Å². The summed E-state index contributed by atoms with van der Waals surface area (Å²) < 4.78 is 61.6. The molecule has 3 aliphatic carbocycles. The summed E-state index contributed by atoms with van der Waals surface area (Å²) in [5.74, 6) is -0.893. The van der Waals surface area contributed by atoms with E-state index in [0.29, 0.717) is 25.8 Å². The Bertz CT molecular complexity index is 965. The molecule has 0 aromatic heterocycles. The van der Waals surface area contributed by atoms with Crippen molar-refractivity contribution in [1.29, 1.82) is 0 Å². The van der Waals surface area contributed by atoms with Gasteiger partial charge in [0.2, 0.25) is 0 Å². The van der Waals surface area contributed by atoms with Crippen LogP contribution in [0, 0.1) is 11.7 Å². The number of nitrogens with one attached hydrogen (secondary N) is 1. The molecule has 1 unspecified atom stereocenters. The third kappa shape index (κ3) is 4.21. The van der Waals surface area contributed by atoms with Crippen LogP contribution in [0.4, 0.5) is 22.4 Å². The van der Waals surface area contributed by atoms with Gasteiger partial charge in [-0.3, -0.25) is 14.6 Å². The molecule has 33 heavy (non-hydrogen) atoms. The summed E-state index contributed by atoms with van der Waals surface area (Å²) in [6, 6.07) is 3.91. The maximum absolute atomic E-state index is 13.5. The average Bonchev–Trinajstić information content (AvgIpc) is 3.01. The van der Waals surface area contributed by atoms with Gasteiger partial charge in [0.1, 0.15) is 17.7 Å². The van der Waals surface area contributed by atoms with E-state index in [2.05, 4.69) is 5.32 Å². The summed E-state index contributed by atoms with van der Waals surface area (Å²) in [6.45, 7) is -0.347. The Morgan fingerprint density at radius 2 is 1.94 bits per heavy atom. The van der Waals surface area contributed by atoms with Gasteiger partial charge in [-0.25, -0.2) is 9.18 Å². The van der Waals surface area contributed by atoms with Crippen LogP contribution >= 0.6 is 11.6 Å². The summed E-state index contributed by atoms with van der Waals surface area (Å²) in [4.78, 5) is 27.6. The van der Waals surface area contributed by atoms with Crippen LogP contribution in [0.2, 0.25) is 5.02 Å². The maximum atomic E-state index is 13.5. The van der Waals surface area contributed by atoms with Gasteiger partial charge in [0.05, 0.1) is 23.7 Å². The first-order valence-corrected chi connectivity index (χ1v) is 11.0. The van der Waals surface area contributed by atoms with E-state index in [0.717, 1.165) is 6.07 Å². The molecule has 6 rings (SSSR count). The Morgan fingerprint density at radius 1 is 1.24 bits per heavy atom. The molecule has 2 heterocycles. The number of benzene rings is 1. The normalized spacial score (nSPS) is 31.4. The lowest BCUT2D eigenvalue weighted by Crippen LogP contribution is -2.84. The van der Waals surface area contributed by atoms with Gasteiger partial charge in [0.25, 0.3) is 5.91 Å². The molecule has 3 saturated carbocycles. The molecule has 1 N–H and O–H groups in total. The molecule has 2 aliphatic heterocycles. The molecular weight excluding hydrogens is 470 g/mol. The summed E-state index contributed by atoms with van der Waals surface area (Å²) in [5.41, 5.74) is -0.765. The van der Waals surface area contributed by atoms with Crippen molar-refractivity contribution in [1.82, 2.24) is 15.1 Å². The Balaban J connectivity index is 1.06. The van der Waals surface area contributed by atoms with E-state index < -0.39 is 36.3 Å². The number of hydrogen-bond donors (Lipinski definition) is 1. The second-order valence-corrected chi connectivity index (χ2v) is 9.96. The zero-order chi connectivity index (χ0) is 23.6. The maximum Gasteiger partial charge on any atom is 0.410 e. The van der Waals surface area contributed by atoms with Gasteiger partial charge in [-0.15, -0.1) is 0 Å². The zero-order valence-corrected chi connectivity index (χ0v) is 18.2. The van der Waals surface area contributed by atoms with Crippen LogP contribution in [0.5, 0.6) is 5.75 Å². The molecule has 0 spiro atoms. The lowest BCUT2D eigenvalue weighted by Gasteiger charge is -2.72. The minimum Gasteiger partial charge on any atom is -0.484 e. The number of carbonyl (C=O) groups excluding carboxylic acids is 2. The Kier molecular flexibility index (Phi) is 5.20. The molecule has 7 nitrogen and oxygen atoms in total. The number of nitrogens with zero attached hydrogens (tertiary/aromatic N) is 2. The van der Waals surface area contributed by atoms with E-state index in [1.807, 2.05) is 0 Å². The van der Waals surface area contributed by atoms with Crippen LogP contribution in [0.15, 0.2) is 18.2 Å². The Hall–Kier alpha value is -2.27. The number of rotatable bonds is 7. The first-order chi connectivity index (χ1) is 15.5. The van der Waals surface area contributed by atoms with Crippen molar-refractivity contribution in [2.75, 3.05) is 32.8 Å². The molecule has 5 aliphatic rings. The average molecular weight is 492 g/mol. The summed E-state index contributed by atoms with van der Waals surface area (Å²) in [5, 5.41) is 2.89. The molecule has 0 radical (unpaired) electrons. The third-order valence-corrected chi connectivity index (χ3v) is 7.30. The number of likely N-dealkylation sites (tertiary alicyclic amines) is 1. The number of hydrogen-bond acceptors (Lipinski definition) is 5. The SMILES string of the molecule is O=C(COc1ccc(Cl)c(F)c1)NC12CC(N3CC(C4CN(CC(F)(F)F)C4)OC3=O)(C1)C2. The van der Waals surface area contributed by atoms with E-state index in [-0.39, 0.29) is 47.8 Å². The van der Waals surface area contributed by atoms with E-state index in [4.69, 9.17) is 21.1 Å². The second-order valence-electron chi connectivity index (χ2n) is 9.55. The lowest BCUT2D eigenvalue weighted by molar-refractivity contribution is -0.168. The van der Waals surface area contributed by atoms with Crippen molar-refractivity contribution in [3.8, 4) is 5.75 Å². The number of carbonyl (C=O) groups is 2. The molecule has 1 atom stereocenters. The lowest BCUT2D eigenvalue weighted by atomic mass is 9.43. The third-order valence-electron chi connectivity index (χ3n) is 6.99. The molecule has 180 valence electrons. The van der Waals surface area contributed by atoms with Crippen molar-refractivity contribution < 1.29 is 36.6 Å². The number of alkyl halides is 3. The highest BCUT2D eigenvalue weighted by molar-refractivity contribution is 6.30. The topological polar surface area (TPSA) is 71.1 Å². The van der Waals surface area contributed by atoms with Gasteiger partial charge in [-0.2, -0.15) is 13.2 Å². The highest BCUT2D eigenvalue weighted by atomic mass is 35.5. The van der Waals surface area contributed by atoms with Crippen LogP contribution in [0.3, 0.4) is 0 Å². The van der Waals surface area contributed by atoms with Gasteiger partial charge in [0.15, 0.2) is 6.61 Å². The van der Waals surface area contributed by atoms with Crippen LogP contribution in [0.25, 0.3) is 0 Å². The van der Waals surface area contributed by atoms with E-state index >= 15 is 0 Å². The van der Waals surface area contributed by atoms with Crippen LogP contribution in [-0.2, 0) is 9.53 Å². The fourth-order valence-corrected chi connectivity index (χ4v) is 5.66. The van der Waals surface area contributed by atoms with Gasteiger partial charge in [-0.05, 0) is 31.4 Å². The predicted molar refractivity (Wildman–Crippen MR) is 107 cm³/mol. The minimum absolute atomic E-state index is 0.0374. The summed E-state index contributed by atoms with van der Waals surface area (Å²) >= 11 is 5.62. The summed E-state index contributed by atoms with van der Waals surface area (Å²) in [7, 11) is 0. The second kappa shape index (κ2) is 7.63. The number of ether oxygens (including phenoxy) is 2. The first-order valence-electron chi connectivity index (χ1n) is 10.6. The first kappa shape index (κ1) is 22.5. The van der Waals surface area contributed by atoms with Crippen molar-refractivity contribution in [3.05, 3.63) is 29.0 Å². The quantitative estimate of drug-likeness (QED) is 0.594. The van der Waals surface area contributed by atoms with Gasteiger partial charge >= 0.3 is 12.3 Å². The molecule has 1 aromatic carbocycles. The van der Waals surface area contributed by atoms with E-state index in [1.165, 1.54) is 17.0 Å². The molecule has 2 amide bonds. The van der Waals surface area contributed by atoms with E-state index in [1.54, 1.807) is 4.90 Å². The predicted octanol–water partition coefficient (Wildman–Crippen LogP) is 2.96. The van der Waals surface area contributed by atoms with Crippen molar-refractivity contribution in [2.24, 2.45) is 5.92 Å². The zero-order valence-electron chi connectivity index (χ0n) is 17.5. The smallest absolute Gasteiger partial charge is 0.410 e. The Labute approximate surface area is 191 Å². The number of amides is 2. The Morgan fingerprint density at radius 3 is 2.58 bits per heavy atom. The molecule has 2 saturated heterocycles. The van der Waals surface area contributed by atoms with Crippen molar-refractivity contribution in [3.63, 3.8) is 0 Å². The molecule has 12 heteroatoms. The van der Waals surface area contributed by atoms with Crippen LogP contribution in [-0.4, -0.2) is 77.9 Å². The number of halogens is 5. The molecule has 5 fully saturated rings. The van der Waals surface area contributed by atoms with Gasteiger partial charge in [0, 0.05) is 30.6 Å². The molecular formula is C21H22ClF4N3O4. The van der Waals surface area contributed by atoms with E-state index in [9.17, 15) is 27.2 Å². The van der Waals surface area contributed by atoms with Crippen LogP contribution in [0.1, 0.15) is 19.3 Å². The molecule has 2 bridgehead atoms. The molecule has 1 aromatic rings. The van der Waals surface area contributed by atoms with Gasteiger partial charge in [-0.1, -0.05) is 11.6 Å². The fraction of sp³-hybridized carbons (Fsp3) is 0.619. The fourth-order valence-electron chi connectivity index (χ4n) is 5.55. The monoisotopic (exact) mass is 491 g/mol. The van der Waals surface area contributed by atoms with Crippen molar-refractivity contribution in [2.45, 2.75) is 42.6 Å². The highest BCUT2D eigenvalue weighted by Crippen LogP contribution is 2.64. The van der Waals surface area contributed by atoms with Crippen molar-refractivity contribution >= 4 is 23.6 Å². The number of cyclic esters (lactones) is 1. The minimum atomic E-state index is -4.23.